The van der Waals surface area contributed by atoms with Gasteiger partial charge >= 0.3 is 12.1 Å². The first-order valence-corrected chi connectivity index (χ1v) is 9.78. The molecule has 1 aliphatic rings. The number of hydrogen-bond donors (Lipinski definition) is 1. The highest BCUT2D eigenvalue weighted by atomic mass is 19.4. The Balaban J connectivity index is 1.50. The topological polar surface area (TPSA) is 81.5 Å². The number of pyridine rings is 2. The molecule has 3 aromatic rings. The third-order valence-corrected chi connectivity index (χ3v) is 5.26. The van der Waals surface area contributed by atoms with E-state index in [-0.39, 0.29) is 12.5 Å². The molecule has 0 radical (unpaired) electrons. The predicted molar refractivity (Wildman–Crippen MR) is 108 cm³/mol. The molecule has 6 nitrogen and oxygen atoms in total. The average molecular weight is 444 g/mol. The summed E-state index contributed by atoms with van der Waals surface area (Å²) in [6.45, 7) is 0.0763. The van der Waals surface area contributed by atoms with Crippen molar-refractivity contribution in [2.75, 3.05) is 7.11 Å². The average Bonchev–Trinajstić information content (AvgIpc) is 3.58. The van der Waals surface area contributed by atoms with Gasteiger partial charge in [0, 0.05) is 17.7 Å². The number of methoxy groups -OCH3 is 1. The van der Waals surface area contributed by atoms with Crippen LogP contribution in [0.1, 0.15) is 29.2 Å². The quantitative estimate of drug-likeness (QED) is 0.556. The van der Waals surface area contributed by atoms with Crippen LogP contribution in [0.3, 0.4) is 0 Å². The van der Waals surface area contributed by atoms with E-state index in [2.05, 4.69) is 9.97 Å². The zero-order valence-corrected chi connectivity index (χ0v) is 17.0. The molecule has 1 aromatic carbocycles. The molecular formula is C23H19F3N2O4. The van der Waals surface area contributed by atoms with Crippen LogP contribution < -0.4 is 9.47 Å². The van der Waals surface area contributed by atoms with E-state index in [1.165, 1.54) is 25.4 Å². The van der Waals surface area contributed by atoms with E-state index in [1.54, 1.807) is 24.4 Å². The maximum atomic E-state index is 12.7. The van der Waals surface area contributed by atoms with Crippen molar-refractivity contribution in [1.29, 1.82) is 0 Å². The Hall–Kier alpha value is -3.62. The van der Waals surface area contributed by atoms with E-state index in [4.69, 9.17) is 9.47 Å². The van der Waals surface area contributed by atoms with Gasteiger partial charge in [0.05, 0.1) is 36.2 Å². The summed E-state index contributed by atoms with van der Waals surface area (Å²) in [7, 11) is 1.51. The number of halogens is 3. The highest BCUT2D eigenvalue weighted by molar-refractivity contribution is 5.75. The van der Waals surface area contributed by atoms with E-state index in [0.717, 1.165) is 12.1 Å². The van der Waals surface area contributed by atoms with Gasteiger partial charge < -0.3 is 14.6 Å². The van der Waals surface area contributed by atoms with E-state index < -0.39 is 23.6 Å². The third kappa shape index (κ3) is 4.66. The van der Waals surface area contributed by atoms with Gasteiger partial charge in [0.2, 0.25) is 0 Å². The Kier molecular flexibility index (Phi) is 5.73. The van der Waals surface area contributed by atoms with E-state index in [9.17, 15) is 23.1 Å². The van der Waals surface area contributed by atoms with Crippen molar-refractivity contribution >= 4 is 5.97 Å². The van der Waals surface area contributed by atoms with Crippen LogP contribution in [0, 0.1) is 5.92 Å². The fourth-order valence-corrected chi connectivity index (χ4v) is 3.43. The van der Waals surface area contributed by atoms with Crippen molar-refractivity contribution in [3.63, 3.8) is 0 Å². The number of ether oxygens (including phenoxy) is 2. The van der Waals surface area contributed by atoms with Crippen LogP contribution in [0.2, 0.25) is 0 Å². The van der Waals surface area contributed by atoms with Crippen molar-refractivity contribution in [2.24, 2.45) is 5.92 Å². The molecular weight excluding hydrogens is 425 g/mol. The first kappa shape index (κ1) is 21.6. The molecule has 2 aromatic heterocycles. The second kappa shape index (κ2) is 8.49. The lowest BCUT2D eigenvalue weighted by molar-refractivity contribution is -0.139. The molecule has 1 N–H and O–H groups in total. The lowest BCUT2D eigenvalue weighted by atomic mass is 10.1. The minimum Gasteiger partial charge on any atom is -0.495 e. The summed E-state index contributed by atoms with van der Waals surface area (Å²) in [5.74, 6) is -0.566. The normalized spacial score (nSPS) is 17.6. The lowest BCUT2D eigenvalue weighted by Gasteiger charge is -2.11. The zero-order chi connectivity index (χ0) is 22.9. The molecule has 9 heteroatoms. The van der Waals surface area contributed by atoms with Crippen LogP contribution in [-0.4, -0.2) is 28.2 Å². The number of nitrogens with zero attached hydrogens (tertiary/aromatic N) is 2. The number of hydrogen-bond acceptors (Lipinski definition) is 5. The maximum Gasteiger partial charge on any atom is 0.416 e. The largest absolute Gasteiger partial charge is 0.495 e. The van der Waals surface area contributed by atoms with E-state index in [0.29, 0.717) is 40.4 Å². The van der Waals surface area contributed by atoms with Gasteiger partial charge in [-0.25, -0.2) is 4.98 Å². The van der Waals surface area contributed by atoms with Crippen molar-refractivity contribution < 1.29 is 32.5 Å². The molecule has 2 atom stereocenters. The molecule has 0 unspecified atom stereocenters. The fourth-order valence-electron chi connectivity index (χ4n) is 3.43. The Morgan fingerprint density at radius 2 is 1.91 bits per heavy atom. The van der Waals surface area contributed by atoms with Crippen molar-refractivity contribution in [3.05, 3.63) is 71.7 Å². The van der Waals surface area contributed by atoms with Gasteiger partial charge in [0.15, 0.2) is 0 Å². The van der Waals surface area contributed by atoms with Gasteiger partial charge in [-0.15, -0.1) is 0 Å². The molecule has 0 bridgehead atoms. The van der Waals surface area contributed by atoms with Crippen LogP contribution in [0.25, 0.3) is 11.3 Å². The first-order valence-electron chi connectivity index (χ1n) is 9.78. The summed E-state index contributed by atoms with van der Waals surface area (Å²) in [5, 5.41) is 9.23. The number of rotatable bonds is 7. The smallest absolute Gasteiger partial charge is 0.416 e. The molecule has 0 amide bonds. The number of carboxylic acid groups (broad SMARTS) is 1. The van der Waals surface area contributed by atoms with Gasteiger partial charge in [0.25, 0.3) is 0 Å². The molecule has 32 heavy (non-hydrogen) atoms. The van der Waals surface area contributed by atoms with E-state index in [1.807, 2.05) is 0 Å². The molecule has 0 aliphatic heterocycles. The van der Waals surface area contributed by atoms with Gasteiger partial charge in [-0.1, -0.05) is 12.1 Å². The third-order valence-electron chi connectivity index (χ3n) is 5.26. The van der Waals surface area contributed by atoms with Crippen LogP contribution in [0.5, 0.6) is 11.5 Å². The Bertz CT molecular complexity index is 1130. The van der Waals surface area contributed by atoms with Gasteiger partial charge in [0.1, 0.15) is 18.1 Å². The Morgan fingerprint density at radius 3 is 2.53 bits per heavy atom. The second-order valence-corrected chi connectivity index (χ2v) is 7.46. The highest BCUT2D eigenvalue weighted by Gasteiger charge is 2.46. The number of carboxylic acids is 1. The van der Waals surface area contributed by atoms with Crippen molar-refractivity contribution in [2.45, 2.75) is 25.1 Å². The zero-order valence-electron chi connectivity index (χ0n) is 17.0. The number of aliphatic carboxylic acids is 1. The van der Waals surface area contributed by atoms with Crippen LogP contribution in [-0.2, 0) is 17.6 Å². The number of aromatic nitrogens is 2. The van der Waals surface area contributed by atoms with Crippen LogP contribution >= 0.6 is 0 Å². The van der Waals surface area contributed by atoms with Crippen molar-refractivity contribution in [1.82, 2.24) is 9.97 Å². The molecule has 4 rings (SSSR count). The molecule has 166 valence electrons. The molecule has 1 saturated carbocycles. The van der Waals surface area contributed by atoms with Crippen molar-refractivity contribution in [3.8, 4) is 22.8 Å². The number of alkyl halides is 3. The fraction of sp³-hybridized carbons (Fsp3) is 0.261. The molecule has 1 fully saturated rings. The Morgan fingerprint density at radius 1 is 1.16 bits per heavy atom. The van der Waals surface area contributed by atoms with Crippen LogP contribution in [0.4, 0.5) is 13.2 Å². The second-order valence-electron chi connectivity index (χ2n) is 7.46. The Labute approximate surface area is 181 Å². The monoisotopic (exact) mass is 444 g/mol. The minimum absolute atomic E-state index is 0.0763. The summed E-state index contributed by atoms with van der Waals surface area (Å²) in [6, 6.07) is 9.97. The SMILES string of the molecule is COc1ccc(-c2cncc(OCc3ccc(C(F)(F)F)cc3)c2)nc1[C@H]1C[C@H]1C(=O)O. The van der Waals surface area contributed by atoms with Gasteiger partial charge in [-0.2, -0.15) is 13.2 Å². The minimum atomic E-state index is -4.38. The molecule has 0 saturated heterocycles. The molecule has 0 spiro atoms. The molecule has 2 heterocycles. The standard InChI is InChI=1S/C23H19F3N2O4/c1-31-20-7-6-19(28-21(20)17-9-18(17)22(29)30)14-8-16(11-27-10-14)32-12-13-2-4-15(5-3-13)23(24,25)26/h2-8,10-11,17-18H,9,12H2,1H3,(H,29,30)/t17-,18+/m0/s1. The summed E-state index contributed by atoms with van der Waals surface area (Å²) in [4.78, 5) is 20.0. The van der Waals surface area contributed by atoms with Crippen LogP contribution in [0.15, 0.2) is 54.9 Å². The summed E-state index contributed by atoms with van der Waals surface area (Å²) >= 11 is 0. The highest BCUT2D eigenvalue weighted by Crippen LogP contribution is 2.50. The lowest BCUT2D eigenvalue weighted by Crippen LogP contribution is -2.05. The van der Waals surface area contributed by atoms with Gasteiger partial charge in [-0.05, 0) is 42.3 Å². The summed E-state index contributed by atoms with van der Waals surface area (Å²) in [6.07, 6.45) is -0.770. The summed E-state index contributed by atoms with van der Waals surface area (Å²) in [5.41, 5.74) is 1.71. The number of benzene rings is 1. The van der Waals surface area contributed by atoms with Gasteiger partial charge in [-0.3, -0.25) is 9.78 Å². The predicted octanol–water partition coefficient (Wildman–Crippen LogP) is 4.94. The maximum absolute atomic E-state index is 12.7. The summed E-state index contributed by atoms with van der Waals surface area (Å²) < 4.78 is 49.1. The van der Waals surface area contributed by atoms with E-state index >= 15 is 0 Å². The molecule has 1 aliphatic carbocycles. The first-order chi connectivity index (χ1) is 15.3. The number of carbonyl (C=O) groups is 1.